The predicted octanol–water partition coefficient (Wildman–Crippen LogP) is 1.59. The number of aromatic nitrogens is 2. The Hall–Kier alpha value is -0.870. The highest BCUT2D eigenvalue weighted by Crippen LogP contribution is 2.12. The van der Waals surface area contributed by atoms with Crippen LogP contribution >= 0.6 is 0 Å². The van der Waals surface area contributed by atoms with Gasteiger partial charge in [0.1, 0.15) is 0 Å². The fourth-order valence-electron chi connectivity index (χ4n) is 1.49. The molecule has 1 unspecified atom stereocenters. The van der Waals surface area contributed by atoms with Crippen LogP contribution in [-0.2, 0) is 11.3 Å². The number of methoxy groups -OCH3 is 1. The van der Waals surface area contributed by atoms with Gasteiger partial charge < -0.3 is 10.1 Å². The summed E-state index contributed by atoms with van der Waals surface area (Å²) in [5.74, 6) is 0. The highest BCUT2D eigenvalue weighted by Gasteiger charge is 2.11. The van der Waals surface area contributed by atoms with Gasteiger partial charge in [0.05, 0.1) is 18.8 Å². The standard InChI is InChI=1S/C11H21N3O/c1-4-6-12-11(9-15-3)10-7-13-14(5-2)8-10/h7-8,11-12H,4-6,9H2,1-3H3. The van der Waals surface area contributed by atoms with Gasteiger partial charge in [-0.05, 0) is 19.9 Å². The molecule has 4 heteroatoms. The minimum Gasteiger partial charge on any atom is -0.383 e. The van der Waals surface area contributed by atoms with Crippen molar-refractivity contribution >= 4 is 0 Å². The van der Waals surface area contributed by atoms with E-state index in [1.54, 1.807) is 7.11 Å². The van der Waals surface area contributed by atoms with Crippen LogP contribution in [0.3, 0.4) is 0 Å². The molecule has 0 saturated heterocycles. The average molecular weight is 211 g/mol. The Morgan fingerprint density at radius 3 is 2.87 bits per heavy atom. The Bertz CT molecular complexity index is 273. The first-order valence-electron chi connectivity index (χ1n) is 5.56. The molecule has 1 rings (SSSR count). The number of aryl methyl sites for hydroxylation is 1. The number of nitrogens with zero attached hydrogens (tertiary/aromatic N) is 2. The first-order chi connectivity index (χ1) is 7.31. The van der Waals surface area contributed by atoms with Gasteiger partial charge in [-0.2, -0.15) is 5.10 Å². The van der Waals surface area contributed by atoms with Gasteiger partial charge in [-0.3, -0.25) is 4.68 Å². The van der Waals surface area contributed by atoms with Crippen LogP contribution in [0.15, 0.2) is 12.4 Å². The number of nitrogens with one attached hydrogen (secondary N) is 1. The second-order valence-electron chi connectivity index (χ2n) is 3.59. The van der Waals surface area contributed by atoms with Gasteiger partial charge in [0, 0.05) is 25.4 Å². The summed E-state index contributed by atoms with van der Waals surface area (Å²) in [6.45, 7) is 6.85. The highest BCUT2D eigenvalue weighted by molar-refractivity contribution is 5.10. The number of ether oxygens (including phenoxy) is 1. The molecule has 1 atom stereocenters. The van der Waals surface area contributed by atoms with Gasteiger partial charge in [0.15, 0.2) is 0 Å². The molecule has 0 aromatic carbocycles. The average Bonchev–Trinajstić information content (AvgIpc) is 2.72. The third kappa shape index (κ3) is 3.64. The van der Waals surface area contributed by atoms with Crippen LogP contribution in [0.4, 0.5) is 0 Å². The Kier molecular flexibility index (Phi) is 5.36. The van der Waals surface area contributed by atoms with E-state index in [9.17, 15) is 0 Å². The maximum Gasteiger partial charge on any atom is 0.0658 e. The van der Waals surface area contributed by atoms with Crippen molar-refractivity contribution in [3.63, 3.8) is 0 Å². The van der Waals surface area contributed by atoms with E-state index < -0.39 is 0 Å². The molecule has 4 nitrogen and oxygen atoms in total. The molecular weight excluding hydrogens is 190 g/mol. The summed E-state index contributed by atoms with van der Waals surface area (Å²) in [6, 6.07) is 0.259. The smallest absolute Gasteiger partial charge is 0.0658 e. The lowest BCUT2D eigenvalue weighted by atomic mass is 10.2. The fraction of sp³-hybridized carbons (Fsp3) is 0.727. The molecule has 15 heavy (non-hydrogen) atoms. The summed E-state index contributed by atoms with van der Waals surface area (Å²) >= 11 is 0. The van der Waals surface area contributed by atoms with E-state index >= 15 is 0 Å². The molecule has 1 heterocycles. The van der Waals surface area contributed by atoms with E-state index in [2.05, 4.69) is 30.5 Å². The molecule has 0 bridgehead atoms. The van der Waals surface area contributed by atoms with Crippen molar-refractivity contribution in [2.45, 2.75) is 32.9 Å². The Morgan fingerprint density at radius 1 is 1.53 bits per heavy atom. The maximum atomic E-state index is 5.20. The van der Waals surface area contributed by atoms with E-state index in [0.717, 1.165) is 19.5 Å². The topological polar surface area (TPSA) is 39.1 Å². The lowest BCUT2D eigenvalue weighted by Crippen LogP contribution is -2.25. The van der Waals surface area contributed by atoms with Crippen molar-refractivity contribution < 1.29 is 4.74 Å². The van der Waals surface area contributed by atoms with Crippen LogP contribution in [0.2, 0.25) is 0 Å². The number of hydrogen-bond donors (Lipinski definition) is 1. The van der Waals surface area contributed by atoms with Crippen LogP contribution in [0, 0.1) is 0 Å². The molecule has 0 aliphatic carbocycles. The zero-order chi connectivity index (χ0) is 11.1. The quantitative estimate of drug-likeness (QED) is 0.744. The molecule has 0 fully saturated rings. The molecule has 0 amide bonds. The van der Waals surface area contributed by atoms with Crippen molar-refractivity contribution in [3.05, 3.63) is 18.0 Å². The second kappa shape index (κ2) is 6.58. The fourth-order valence-corrected chi connectivity index (χ4v) is 1.49. The zero-order valence-electron chi connectivity index (χ0n) is 9.86. The molecule has 0 radical (unpaired) electrons. The van der Waals surface area contributed by atoms with Gasteiger partial charge in [-0.1, -0.05) is 6.92 Å². The van der Waals surface area contributed by atoms with Gasteiger partial charge >= 0.3 is 0 Å². The Balaban J connectivity index is 2.60. The third-order valence-corrected chi connectivity index (χ3v) is 2.35. The van der Waals surface area contributed by atoms with E-state index in [4.69, 9.17) is 4.74 Å². The minimum absolute atomic E-state index is 0.259. The summed E-state index contributed by atoms with van der Waals surface area (Å²) in [5.41, 5.74) is 1.20. The Morgan fingerprint density at radius 2 is 2.33 bits per heavy atom. The van der Waals surface area contributed by atoms with Crippen LogP contribution in [0.5, 0.6) is 0 Å². The summed E-state index contributed by atoms with van der Waals surface area (Å²) in [5, 5.41) is 7.71. The molecule has 0 saturated carbocycles. The van der Waals surface area contributed by atoms with Crippen LogP contribution < -0.4 is 5.32 Å². The third-order valence-electron chi connectivity index (χ3n) is 2.35. The van der Waals surface area contributed by atoms with Crippen LogP contribution in [0.1, 0.15) is 31.9 Å². The van der Waals surface area contributed by atoms with Crippen molar-refractivity contribution in [2.24, 2.45) is 0 Å². The van der Waals surface area contributed by atoms with Gasteiger partial charge in [0.25, 0.3) is 0 Å². The van der Waals surface area contributed by atoms with E-state index in [1.165, 1.54) is 5.56 Å². The van der Waals surface area contributed by atoms with Gasteiger partial charge in [-0.15, -0.1) is 0 Å². The van der Waals surface area contributed by atoms with Crippen molar-refractivity contribution in [1.82, 2.24) is 15.1 Å². The molecule has 0 aliphatic rings. The van der Waals surface area contributed by atoms with E-state index in [-0.39, 0.29) is 6.04 Å². The van der Waals surface area contributed by atoms with Crippen molar-refractivity contribution in [2.75, 3.05) is 20.3 Å². The van der Waals surface area contributed by atoms with Gasteiger partial charge in [0.2, 0.25) is 0 Å². The molecule has 0 spiro atoms. The monoisotopic (exact) mass is 211 g/mol. The van der Waals surface area contributed by atoms with Crippen molar-refractivity contribution in [3.8, 4) is 0 Å². The van der Waals surface area contributed by atoms with E-state index in [1.807, 2.05) is 10.9 Å². The minimum atomic E-state index is 0.259. The lowest BCUT2D eigenvalue weighted by Gasteiger charge is -2.15. The SMILES string of the molecule is CCCNC(COC)c1cnn(CC)c1. The van der Waals surface area contributed by atoms with Crippen LogP contribution in [-0.4, -0.2) is 30.0 Å². The van der Waals surface area contributed by atoms with Crippen molar-refractivity contribution in [1.29, 1.82) is 0 Å². The summed E-state index contributed by atoms with van der Waals surface area (Å²) < 4.78 is 7.13. The maximum absolute atomic E-state index is 5.20. The van der Waals surface area contributed by atoms with E-state index in [0.29, 0.717) is 6.61 Å². The molecule has 1 aromatic rings. The summed E-state index contributed by atoms with van der Waals surface area (Å²) in [7, 11) is 1.73. The molecule has 86 valence electrons. The normalized spacial score (nSPS) is 13.0. The number of hydrogen-bond acceptors (Lipinski definition) is 3. The molecule has 0 aliphatic heterocycles. The first-order valence-corrected chi connectivity index (χ1v) is 5.56. The first kappa shape index (κ1) is 12.2. The second-order valence-corrected chi connectivity index (χ2v) is 3.59. The van der Waals surface area contributed by atoms with Crippen LogP contribution in [0.25, 0.3) is 0 Å². The molecule has 1 aromatic heterocycles. The molecular formula is C11H21N3O. The zero-order valence-corrected chi connectivity index (χ0v) is 9.86. The Labute approximate surface area is 91.6 Å². The summed E-state index contributed by atoms with van der Waals surface area (Å²) in [6.07, 6.45) is 5.12. The highest BCUT2D eigenvalue weighted by atomic mass is 16.5. The summed E-state index contributed by atoms with van der Waals surface area (Å²) in [4.78, 5) is 0. The molecule has 1 N–H and O–H groups in total. The van der Waals surface area contributed by atoms with Gasteiger partial charge in [-0.25, -0.2) is 0 Å². The largest absolute Gasteiger partial charge is 0.383 e. The number of rotatable bonds is 7. The lowest BCUT2D eigenvalue weighted by molar-refractivity contribution is 0.167. The predicted molar refractivity (Wildman–Crippen MR) is 60.8 cm³/mol.